The van der Waals surface area contributed by atoms with Crippen LogP contribution in [0.1, 0.15) is 6.92 Å². The van der Waals surface area contributed by atoms with E-state index in [0.717, 1.165) is 11.4 Å². The molecule has 1 aromatic carbocycles. The second-order valence-corrected chi connectivity index (χ2v) is 3.43. The molecule has 0 aliphatic heterocycles. The molecule has 1 aromatic rings. The van der Waals surface area contributed by atoms with Crippen molar-refractivity contribution in [3.05, 3.63) is 36.9 Å². The fourth-order valence-corrected chi connectivity index (χ4v) is 1.27. The van der Waals surface area contributed by atoms with Gasteiger partial charge in [0.05, 0.1) is 6.54 Å². The molecule has 0 fully saturated rings. The van der Waals surface area contributed by atoms with Crippen molar-refractivity contribution in [3.63, 3.8) is 0 Å². The van der Waals surface area contributed by atoms with Crippen molar-refractivity contribution >= 4 is 11.6 Å². The Morgan fingerprint density at radius 2 is 2.12 bits per heavy atom. The molecule has 0 aliphatic carbocycles. The Bertz CT molecular complexity index is 360. The number of hydrogen-bond donors (Lipinski definition) is 2. The minimum Gasteiger partial charge on any atom is -0.490 e. The number of carbonyl (C=O) groups excluding carboxylic acids is 1. The monoisotopic (exact) mass is 234 g/mol. The van der Waals surface area contributed by atoms with Crippen molar-refractivity contribution in [1.29, 1.82) is 0 Å². The van der Waals surface area contributed by atoms with E-state index in [9.17, 15) is 4.79 Å². The molecule has 4 heteroatoms. The van der Waals surface area contributed by atoms with Crippen LogP contribution in [0.25, 0.3) is 0 Å². The molecule has 0 aromatic heterocycles. The zero-order valence-electron chi connectivity index (χ0n) is 10.0. The van der Waals surface area contributed by atoms with E-state index < -0.39 is 0 Å². The minimum atomic E-state index is -0.0144. The van der Waals surface area contributed by atoms with Gasteiger partial charge in [-0.15, -0.1) is 0 Å². The van der Waals surface area contributed by atoms with Gasteiger partial charge >= 0.3 is 0 Å². The second kappa shape index (κ2) is 7.33. The second-order valence-electron chi connectivity index (χ2n) is 3.43. The van der Waals surface area contributed by atoms with Crippen LogP contribution in [0, 0.1) is 0 Å². The maximum Gasteiger partial charge on any atom is 0.239 e. The Kier molecular flexibility index (Phi) is 5.64. The molecule has 0 saturated heterocycles. The Balaban J connectivity index is 2.39. The van der Waals surface area contributed by atoms with Crippen LogP contribution < -0.4 is 15.4 Å². The van der Waals surface area contributed by atoms with Crippen molar-refractivity contribution in [2.24, 2.45) is 0 Å². The van der Waals surface area contributed by atoms with Gasteiger partial charge in [-0.1, -0.05) is 12.7 Å². The average molecular weight is 234 g/mol. The van der Waals surface area contributed by atoms with Crippen LogP contribution in [0.2, 0.25) is 0 Å². The summed E-state index contributed by atoms with van der Waals surface area (Å²) < 4.78 is 5.35. The summed E-state index contributed by atoms with van der Waals surface area (Å²) in [6.45, 7) is 6.89. The molecule has 2 N–H and O–H groups in total. The molecule has 0 bridgehead atoms. The lowest BCUT2D eigenvalue weighted by molar-refractivity contribution is -0.119. The molecule has 0 spiro atoms. The first-order valence-corrected chi connectivity index (χ1v) is 5.60. The molecule has 17 heavy (non-hydrogen) atoms. The van der Waals surface area contributed by atoms with E-state index in [-0.39, 0.29) is 12.5 Å². The number of carbonyl (C=O) groups is 1. The van der Waals surface area contributed by atoms with Crippen LogP contribution in [-0.2, 0) is 4.79 Å². The molecule has 0 aliphatic rings. The first-order valence-electron chi connectivity index (χ1n) is 5.60. The van der Waals surface area contributed by atoms with E-state index >= 15 is 0 Å². The summed E-state index contributed by atoms with van der Waals surface area (Å²) in [5, 5.41) is 5.74. The zero-order chi connectivity index (χ0) is 12.5. The number of likely N-dealkylation sites (N-methyl/N-ethyl adjacent to an activating group) is 1. The highest BCUT2D eigenvalue weighted by atomic mass is 16.5. The SMILES string of the molecule is C=CCOc1ccc(NCC(=O)NCC)cc1. The molecule has 4 nitrogen and oxygen atoms in total. The van der Waals surface area contributed by atoms with Crippen LogP contribution in [-0.4, -0.2) is 25.6 Å². The number of ether oxygens (including phenoxy) is 1. The van der Waals surface area contributed by atoms with Gasteiger partial charge in [0.1, 0.15) is 12.4 Å². The van der Waals surface area contributed by atoms with Gasteiger partial charge in [0.15, 0.2) is 0 Å². The summed E-state index contributed by atoms with van der Waals surface area (Å²) in [6, 6.07) is 7.45. The van der Waals surface area contributed by atoms with Gasteiger partial charge < -0.3 is 15.4 Å². The van der Waals surface area contributed by atoms with Gasteiger partial charge in [-0.2, -0.15) is 0 Å². The lowest BCUT2D eigenvalue weighted by Crippen LogP contribution is -2.29. The number of rotatable bonds is 7. The normalized spacial score (nSPS) is 9.47. The topological polar surface area (TPSA) is 50.4 Å². The van der Waals surface area contributed by atoms with Gasteiger partial charge in [0.2, 0.25) is 5.91 Å². The fraction of sp³-hybridized carbons (Fsp3) is 0.308. The number of nitrogens with one attached hydrogen (secondary N) is 2. The molecule has 0 heterocycles. The predicted molar refractivity (Wildman–Crippen MR) is 69.3 cm³/mol. The first kappa shape index (κ1) is 13.1. The third-order valence-corrected chi connectivity index (χ3v) is 2.05. The van der Waals surface area contributed by atoms with Crippen molar-refractivity contribution in [2.75, 3.05) is 25.0 Å². The van der Waals surface area contributed by atoms with Crippen molar-refractivity contribution in [3.8, 4) is 5.75 Å². The van der Waals surface area contributed by atoms with Crippen LogP contribution >= 0.6 is 0 Å². The number of benzene rings is 1. The van der Waals surface area contributed by atoms with Crippen LogP contribution in [0.5, 0.6) is 5.75 Å². The summed E-state index contributed by atoms with van der Waals surface area (Å²) in [4.78, 5) is 11.2. The molecule has 0 unspecified atom stereocenters. The number of amides is 1. The molecule has 1 amide bonds. The van der Waals surface area contributed by atoms with Crippen LogP contribution in [0.15, 0.2) is 36.9 Å². The van der Waals surface area contributed by atoms with E-state index in [4.69, 9.17) is 4.74 Å². The summed E-state index contributed by atoms with van der Waals surface area (Å²) in [5.41, 5.74) is 0.891. The molecule has 0 saturated carbocycles. The van der Waals surface area contributed by atoms with Gasteiger partial charge in [-0.3, -0.25) is 4.79 Å². The Morgan fingerprint density at radius 3 is 2.71 bits per heavy atom. The largest absolute Gasteiger partial charge is 0.490 e. The molecule has 92 valence electrons. The number of hydrogen-bond acceptors (Lipinski definition) is 3. The maximum absolute atomic E-state index is 11.2. The summed E-state index contributed by atoms with van der Waals surface area (Å²) in [6.07, 6.45) is 1.70. The van der Waals surface area contributed by atoms with Crippen molar-refractivity contribution < 1.29 is 9.53 Å². The summed E-state index contributed by atoms with van der Waals surface area (Å²) >= 11 is 0. The van der Waals surface area contributed by atoms with Crippen molar-refractivity contribution in [1.82, 2.24) is 5.32 Å². The summed E-state index contributed by atoms with van der Waals surface area (Å²) in [7, 11) is 0. The Hall–Kier alpha value is -1.97. The van der Waals surface area contributed by atoms with Gasteiger partial charge in [0, 0.05) is 12.2 Å². The predicted octanol–water partition coefficient (Wildman–Crippen LogP) is 1.80. The van der Waals surface area contributed by atoms with E-state index in [0.29, 0.717) is 13.2 Å². The maximum atomic E-state index is 11.2. The fourth-order valence-electron chi connectivity index (χ4n) is 1.27. The molecular weight excluding hydrogens is 216 g/mol. The number of anilines is 1. The third kappa shape index (κ3) is 5.06. The van der Waals surface area contributed by atoms with Gasteiger partial charge in [0.25, 0.3) is 0 Å². The lowest BCUT2D eigenvalue weighted by atomic mass is 10.3. The van der Waals surface area contributed by atoms with E-state index in [1.807, 2.05) is 31.2 Å². The Labute approximate surface area is 102 Å². The van der Waals surface area contributed by atoms with E-state index in [2.05, 4.69) is 17.2 Å². The summed E-state index contributed by atoms with van der Waals surface area (Å²) in [5.74, 6) is 0.771. The van der Waals surface area contributed by atoms with Gasteiger partial charge in [-0.25, -0.2) is 0 Å². The lowest BCUT2D eigenvalue weighted by Gasteiger charge is -2.07. The van der Waals surface area contributed by atoms with E-state index in [1.165, 1.54) is 0 Å². The highest BCUT2D eigenvalue weighted by Crippen LogP contribution is 2.15. The quantitative estimate of drug-likeness (QED) is 0.707. The molecule has 0 atom stereocenters. The third-order valence-electron chi connectivity index (χ3n) is 2.05. The first-order chi connectivity index (χ1) is 8.26. The Morgan fingerprint density at radius 1 is 1.41 bits per heavy atom. The van der Waals surface area contributed by atoms with Crippen molar-refractivity contribution in [2.45, 2.75) is 6.92 Å². The molecule has 0 radical (unpaired) electrons. The molecule has 1 rings (SSSR count). The smallest absolute Gasteiger partial charge is 0.239 e. The van der Waals surface area contributed by atoms with Crippen LogP contribution in [0.3, 0.4) is 0 Å². The zero-order valence-corrected chi connectivity index (χ0v) is 10.0. The van der Waals surface area contributed by atoms with E-state index in [1.54, 1.807) is 6.08 Å². The van der Waals surface area contributed by atoms with Gasteiger partial charge in [-0.05, 0) is 31.2 Å². The highest BCUT2D eigenvalue weighted by Gasteiger charge is 1.99. The average Bonchev–Trinajstić information content (AvgIpc) is 2.35. The molecular formula is C13H18N2O2. The highest BCUT2D eigenvalue weighted by molar-refractivity contribution is 5.80. The minimum absolute atomic E-state index is 0.0144. The van der Waals surface area contributed by atoms with Crippen LogP contribution in [0.4, 0.5) is 5.69 Å². The standard InChI is InChI=1S/C13H18N2O2/c1-3-9-17-12-7-5-11(6-8-12)15-10-13(16)14-4-2/h3,5-8,15H,1,4,9-10H2,2H3,(H,14,16).